The van der Waals surface area contributed by atoms with Crippen molar-refractivity contribution in [3.8, 4) is 0 Å². The van der Waals surface area contributed by atoms with Gasteiger partial charge in [0.15, 0.2) is 0 Å². The highest BCUT2D eigenvalue weighted by Gasteiger charge is 2.25. The predicted octanol–water partition coefficient (Wildman–Crippen LogP) is 1.40. The Kier molecular flexibility index (Phi) is 3.70. The quantitative estimate of drug-likeness (QED) is 0.721. The second-order valence-corrected chi connectivity index (χ2v) is 4.47. The predicted molar refractivity (Wildman–Crippen MR) is 65.7 cm³/mol. The zero-order valence-electron chi connectivity index (χ0n) is 10.5. The van der Waals surface area contributed by atoms with Crippen LogP contribution in [-0.4, -0.2) is 33.8 Å². The third-order valence-electron chi connectivity index (χ3n) is 2.81. The van der Waals surface area contributed by atoms with Gasteiger partial charge in [-0.3, -0.25) is 0 Å². The fraction of sp³-hybridized carbons (Fsp3) is 0.636. The van der Waals surface area contributed by atoms with Crippen molar-refractivity contribution in [1.82, 2.24) is 9.97 Å². The number of anilines is 2. The number of rotatable bonds is 4. The Balaban J connectivity index is 2.98. The van der Waals surface area contributed by atoms with Gasteiger partial charge in [0.05, 0.1) is 11.6 Å². The summed E-state index contributed by atoms with van der Waals surface area (Å²) in [6, 6.07) is 0. The van der Waals surface area contributed by atoms with E-state index in [1.165, 1.54) is 6.33 Å². The van der Waals surface area contributed by atoms with Gasteiger partial charge in [0.2, 0.25) is 0 Å². The van der Waals surface area contributed by atoms with Crippen molar-refractivity contribution >= 4 is 11.6 Å². The van der Waals surface area contributed by atoms with Crippen LogP contribution < -0.4 is 10.6 Å². The first kappa shape index (κ1) is 12.7. The minimum absolute atomic E-state index is 0.426. The van der Waals surface area contributed by atoms with Gasteiger partial charge in [-0.2, -0.15) is 0 Å². The fourth-order valence-corrected chi connectivity index (χ4v) is 1.24. The minimum atomic E-state index is -0.472. The fourth-order valence-electron chi connectivity index (χ4n) is 1.24. The normalized spacial score (nSPS) is 13.4. The topological polar surface area (TPSA) is 70.1 Å². The zero-order chi connectivity index (χ0) is 12.3. The number of hydrogen-bond donors (Lipinski definition) is 3. The van der Waals surface area contributed by atoms with E-state index in [1.54, 1.807) is 6.92 Å². The van der Waals surface area contributed by atoms with Crippen LogP contribution in [0.1, 0.15) is 26.3 Å². The largest absolute Gasteiger partial charge is 0.391 e. The summed E-state index contributed by atoms with van der Waals surface area (Å²) in [5.74, 6) is 1.53. The Bertz CT molecular complexity index is 363. The van der Waals surface area contributed by atoms with Crippen LogP contribution in [-0.2, 0) is 0 Å². The summed E-state index contributed by atoms with van der Waals surface area (Å²) >= 11 is 0. The van der Waals surface area contributed by atoms with E-state index in [2.05, 4.69) is 20.6 Å². The smallest absolute Gasteiger partial charge is 0.134 e. The van der Waals surface area contributed by atoms with E-state index in [0.717, 1.165) is 17.2 Å². The van der Waals surface area contributed by atoms with E-state index >= 15 is 0 Å². The van der Waals surface area contributed by atoms with Gasteiger partial charge in [0, 0.05) is 12.6 Å². The van der Waals surface area contributed by atoms with Crippen LogP contribution in [0.2, 0.25) is 0 Å². The van der Waals surface area contributed by atoms with Gasteiger partial charge >= 0.3 is 0 Å². The number of aliphatic hydroxyl groups is 1. The molecule has 1 aromatic heterocycles. The minimum Gasteiger partial charge on any atom is -0.391 e. The molecular weight excluding hydrogens is 204 g/mol. The average Bonchev–Trinajstić information content (AvgIpc) is 2.20. The Morgan fingerprint density at radius 3 is 2.38 bits per heavy atom. The molecule has 0 saturated carbocycles. The van der Waals surface area contributed by atoms with Crippen molar-refractivity contribution in [1.29, 1.82) is 0 Å². The van der Waals surface area contributed by atoms with Gasteiger partial charge in [-0.15, -0.1) is 0 Å². The van der Waals surface area contributed by atoms with Gasteiger partial charge in [-0.05, 0) is 27.7 Å². The van der Waals surface area contributed by atoms with Crippen molar-refractivity contribution in [3.63, 3.8) is 0 Å². The second-order valence-electron chi connectivity index (χ2n) is 4.47. The molecule has 1 aromatic rings. The molecule has 90 valence electrons. The van der Waals surface area contributed by atoms with E-state index in [1.807, 2.05) is 27.8 Å². The van der Waals surface area contributed by atoms with Crippen LogP contribution in [0, 0.1) is 6.92 Å². The maximum Gasteiger partial charge on any atom is 0.134 e. The molecule has 0 aliphatic heterocycles. The lowest BCUT2D eigenvalue weighted by Gasteiger charge is -2.30. The second kappa shape index (κ2) is 4.65. The molecule has 0 spiro atoms. The highest BCUT2D eigenvalue weighted by molar-refractivity contribution is 5.57. The number of aromatic nitrogens is 2. The van der Waals surface area contributed by atoms with Crippen molar-refractivity contribution in [3.05, 3.63) is 11.9 Å². The monoisotopic (exact) mass is 224 g/mol. The van der Waals surface area contributed by atoms with E-state index in [9.17, 15) is 5.11 Å². The van der Waals surface area contributed by atoms with Crippen molar-refractivity contribution < 1.29 is 5.11 Å². The van der Waals surface area contributed by atoms with E-state index in [4.69, 9.17) is 0 Å². The lowest BCUT2D eigenvalue weighted by atomic mass is 9.98. The van der Waals surface area contributed by atoms with Crippen LogP contribution in [0.4, 0.5) is 11.6 Å². The van der Waals surface area contributed by atoms with Crippen molar-refractivity contribution in [2.24, 2.45) is 0 Å². The van der Waals surface area contributed by atoms with Crippen molar-refractivity contribution in [2.75, 3.05) is 17.7 Å². The maximum absolute atomic E-state index is 9.64. The van der Waals surface area contributed by atoms with Gasteiger partial charge in [-0.25, -0.2) is 9.97 Å². The maximum atomic E-state index is 9.64. The van der Waals surface area contributed by atoms with Gasteiger partial charge in [-0.1, -0.05) is 0 Å². The zero-order valence-corrected chi connectivity index (χ0v) is 10.5. The molecule has 5 heteroatoms. The molecule has 3 N–H and O–H groups in total. The summed E-state index contributed by atoms with van der Waals surface area (Å²) in [5, 5.41) is 15.9. The standard InChI is InChI=1S/C11H20N4O/c1-7-9(12-5)13-6-14-10(7)15-11(3,4)8(2)16/h6,8,16H,1-5H3,(H2,12,13,14,15). The van der Waals surface area contributed by atoms with Crippen molar-refractivity contribution in [2.45, 2.75) is 39.3 Å². The highest BCUT2D eigenvalue weighted by Crippen LogP contribution is 2.22. The number of hydrogen-bond acceptors (Lipinski definition) is 5. The first-order chi connectivity index (χ1) is 7.38. The van der Waals surface area contributed by atoms with E-state index < -0.39 is 11.6 Å². The molecule has 0 aliphatic rings. The molecule has 0 amide bonds. The van der Waals surface area contributed by atoms with Gasteiger partial charge in [0.1, 0.15) is 18.0 Å². The lowest BCUT2D eigenvalue weighted by Crippen LogP contribution is -2.42. The van der Waals surface area contributed by atoms with Crippen LogP contribution in [0.5, 0.6) is 0 Å². The molecule has 1 rings (SSSR count). The Labute approximate surface area is 96.3 Å². The SMILES string of the molecule is CNc1ncnc(NC(C)(C)C(C)O)c1C. The third kappa shape index (κ3) is 2.61. The van der Waals surface area contributed by atoms with E-state index in [-0.39, 0.29) is 0 Å². The molecule has 1 heterocycles. The first-order valence-corrected chi connectivity index (χ1v) is 5.34. The lowest BCUT2D eigenvalue weighted by molar-refractivity contribution is 0.133. The number of nitrogens with zero attached hydrogens (tertiary/aromatic N) is 2. The summed E-state index contributed by atoms with van der Waals surface area (Å²) in [4.78, 5) is 8.29. The number of nitrogens with one attached hydrogen (secondary N) is 2. The van der Waals surface area contributed by atoms with Gasteiger partial charge in [0.25, 0.3) is 0 Å². The Morgan fingerprint density at radius 2 is 1.88 bits per heavy atom. The van der Waals surface area contributed by atoms with Crippen LogP contribution >= 0.6 is 0 Å². The molecule has 1 atom stereocenters. The molecule has 0 bridgehead atoms. The van der Waals surface area contributed by atoms with Crippen LogP contribution in [0.25, 0.3) is 0 Å². The summed E-state index contributed by atoms with van der Waals surface area (Å²) in [7, 11) is 1.82. The first-order valence-electron chi connectivity index (χ1n) is 5.34. The Hall–Kier alpha value is -1.36. The molecular formula is C11H20N4O. The third-order valence-corrected chi connectivity index (χ3v) is 2.81. The number of aliphatic hydroxyl groups excluding tert-OH is 1. The summed E-state index contributed by atoms with van der Waals surface area (Å²) < 4.78 is 0. The van der Waals surface area contributed by atoms with Gasteiger partial charge < -0.3 is 15.7 Å². The van der Waals surface area contributed by atoms with Crippen LogP contribution in [0.15, 0.2) is 6.33 Å². The molecule has 16 heavy (non-hydrogen) atoms. The van der Waals surface area contributed by atoms with Crippen LogP contribution in [0.3, 0.4) is 0 Å². The summed E-state index contributed by atoms with van der Waals surface area (Å²) in [6.45, 7) is 7.55. The molecule has 0 aromatic carbocycles. The molecule has 5 nitrogen and oxygen atoms in total. The molecule has 0 radical (unpaired) electrons. The summed E-state index contributed by atoms with van der Waals surface area (Å²) in [5.41, 5.74) is 0.517. The molecule has 0 fully saturated rings. The molecule has 1 unspecified atom stereocenters. The molecule has 0 saturated heterocycles. The Morgan fingerprint density at radius 1 is 1.31 bits per heavy atom. The average molecular weight is 224 g/mol. The summed E-state index contributed by atoms with van der Waals surface area (Å²) in [6.07, 6.45) is 1.03. The highest BCUT2D eigenvalue weighted by atomic mass is 16.3. The van der Waals surface area contributed by atoms with E-state index in [0.29, 0.717) is 0 Å². The molecule has 0 aliphatic carbocycles.